The van der Waals surface area contributed by atoms with Crippen LogP contribution in [0.2, 0.25) is 0 Å². The summed E-state index contributed by atoms with van der Waals surface area (Å²) >= 11 is 1.42. The number of aromatic nitrogens is 3. The number of hydrogen-bond donors (Lipinski definition) is 1. The average Bonchev–Trinajstić information content (AvgIpc) is 3.32. The SMILES string of the molecule is Cn1c([C@@H]2CCCN2C(=O)CCc2csc(N)n2)nc2ccccc21. The lowest BCUT2D eigenvalue weighted by Gasteiger charge is -2.24. The number of amides is 1. The number of thiazole rings is 1. The Morgan fingerprint density at radius 1 is 1.36 bits per heavy atom. The summed E-state index contributed by atoms with van der Waals surface area (Å²) < 4.78 is 2.12. The van der Waals surface area contributed by atoms with Crippen LogP contribution < -0.4 is 5.73 Å². The van der Waals surface area contributed by atoms with Gasteiger partial charge in [-0.05, 0) is 31.4 Å². The second-order valence-corrected chi connectivity index (χ2v) is 7.33. The number of nitrogens with zero attached hydrogens (tertiary/aromatic N) is 4. The molecule has 0 spiro atoms. The number of imidazole rings is 1. The number of carbonyl (C=O) groups is 1. The predicted molar refractivity (Wildman–Crippen MR) is 99.2 cm³/mol. The van der Waals surface area contributed by atoms with Crippen LogP contribution in [0, 0.1) is 0 Å². The summed E-state index contributed by atoms with van der Waals surface area (Å²) in [5.41, 5.74) is 8.65. The molecule has 1 aliphatic heterocycles. The first-order valence-corrected chi connectivity index (χ1v) is 9.42. The smallest absolute Gasteiger partial charge is 0.223 e. The first-order valence-electron chi connectivity index (χ1n) is 8.54. The van der Waals surface area contributed by atoms with E-state index in [0.717, 1.165) is 41.9 Å². The second kappa shape index (κ2) is 6.48. The van der Waals surface area contributed by atoms with E-state index in [0.29, 0.717) is 18.0 Å². The molecule has 0 aliphatic carbocycles. The highest BCUT2D eigenvalue weighted by Gasteiger charge is 2.32. The molecular formula is C18H21N5OS. The summed E-state index contributed by atoms with van der Waals surface area (Å²) in [5.74, 6) is 1.14. The van der Waals surface area contributed by atoms with Crippen molar-refractivity contribution in [3.05, 3.63) is 41.2 Å². The Bertz CT molecular complexity index is 915. The minimum atomic E-state index is 0.0606. The normalized spacial score (nSPS) is 17.5. The Morgan fingerprint density at radius 3 is 2.96 bits per heavy atom. The van der Waals surface area contributed by atoms with E-state index in [1.807, 2.05) is 35.5 Å². The van der Waals surface area contributed by atoms with Gasteiger partial charge in [0, 0.05) is 25.4 Å². The van der Waals surface area contributed by atoms with E-state index in [-0.39, 0.29) is 11.9 Å². The summed E-state index contributed by atoms with van der Waals surface area (Å²) in [7, 11) is 2.03. The lowest BCUT2D eigenvalue weighted by atomic mass is 10.2. The molecule has 1 fully saturated rings. The Kier molecular flexibility index (Phi) is 4.17. The Balaban J connectivity index is 1.53. The fraction of sp³-hybridized carbons (Fsp3) is 0.389. The molecule has 4 rings (SSSR count). The van der Waals surface area contributed by atoms with E-state index in [1.165, 1.54) is 11.3 Å². The van der Waals surface area contributed by atoms with Crippen LogP contribution in [-0.2, 0) is 18.3 Å². The number of likely N-dealkylation sites (tertiary alicyclic amines) is 1. The van der Waals surface area contributed by atoms with Crippen LogP contribution in [0.3, 0.4) is 0 Å². The van der Waals surface area contributed by atoms with Crippen LogP contribution in [-0.4, -0.2) is 31.9 Å². The number of benzene rings is 1. The van der Waals surface area contributed by atoms with Gasteiger partial charge < -0.3 is 15.2 Å². The number of para-hydroxylation sites is 2. The van der Waals surface area contributed by atoms with Crippen LogP contribution in [0.1, 0.15) is 36.8 Å². The largest absolute Gasteiger partial charge is 0.375 e. The molecule has 2 N–H and O–H groups in total. The minimum absolute atomic E-state index is 0.0606. The van der Waals surface area contributed by atoms with Crippen molar-refractivity contribution in [2.24, 2.45) is 7.05 Å². The number of fused-ring (bicyclic) bond motifs is 1. The number of hydrogen-bond acceptors (Lipinski definition) is 5. The van der Waals surface area contributed by atoms with Crippen molar-refractivity contribution in [3.8, 4) is 0 Å². The third-order valence-electron chi connectivity index (χ3n) is 4.86. The first-order chi connectivity index (χ1) is 12.1. The number of nitrogens with two attached hydrogens (primary N) is 1. The van der Waals surface area contributed by atoms with Crippen LogP contribution in [0.15, 0.2) is 29.6 Å². The summed E-state index contributed by atoms with van der Waals surface area (Å²) in [6.45, 7) is 0.798. The lowest BCUT2D eigenvalue weighted by molar-refractivity contribution is -0.132. The van der Waals surface area contributed by atoms with Gasteiger partial charge in [-0.3, -0.25) is 4.79 Å². The zero-order valence-electron chi connectivity index (χ0n) is 14.2. The fourth-order valence-electron chi connectivity index (χ4n) is 3.61. The zero-order valence-corrected chi connectivity index (χ0v) is 15.0. The predicted octanol–water partition coefficient (Wildman–Crippen LogP) is 2.91. The molecule has 6 nitrogen and oxygen atoms in total. The molecular weight excluding hydrogens is 334 g/mol. The molecule has 1 aromatic carbocycles. The van der Waals surface area contributed by atoms with Gasteiger partial charge in [0.25, 0.3) is 0 Å². The third kappa shape index (κ3) is 3.00. The van der Waals surface area contributed by atoms with Crippen molar-refractivity contribution < 1.29 is 4.79 Å². The molecule has 3 heterocycles. The Hall–Kier alpha value is -2.41. The van der Waals surface area contributed by atoms with Gasteiger partial charge in [0.15, 0.2) is 5.13 Å². The quantitative estimate of drug-likeness (QED) is 0.781. The molecule has 0 bridgehead atoms. The van der Waals surface area contributed by atoms with E-state index in [2.05, 4.69) is 15.6 Å². The molecule has 1 aliphatic rings. The van der Waals surface area contributed by atoms with E-state index >= 15 is 0 Å². The van der Waals surface area contributed by atoms with Crippen LogP contribution >= 0.6 is 11.3 Å². The summed E-state index contributed by atoms with van der Waals surface area (Å²) in [5, 5.41) is 2.48. The third-order valence-corrected chi connectivity index (χ3v) is 5.58. The highest BCUT2D eigenvalue weighted by atomic mass is 32.1. The van der Waals surface area contributed by atoms with Gasteiger partial charge in [0.05, 0.1) is 22.8 Å². The molecule has 3 aromatic rings. The fourth-order valence-corrected chi connectivity index (χ4v) is 4.21. The standard InChI is InChI=1S/C18H21N5OS/c1-22-14-6-3-2-5-13(14)21-17(22)15-7-4-10-23(15)16(24)9-8-12-11-25-18(19)20-12/h2-3,5-6,11,15H,4,7-10H2,1H3,(H2,19,20)/t15-/m0/s1. The van der Waals surface area contributed by atoms with Gasteiger partial charge in [-0.2, -0.15) is 0 Å². The van der Waals surface area contributed by atoms with E-state index in [9.17, 15) is 4.79 Å². The maximum Gasteiger partial charge on any atom is 0.223 e. The summed E-state index contributed by atoms with van der Waals surface area (Å²) in [6, 6.07) is 8.17. The van der Waals surface area contributed by atoms with Crippen molar-refractivity contribution in [2.75, 3.05) is 12.3 Å². The summed E-state index contributed by atoms with van der Waals surface area (Å²) in [4.78, 5) is 23.8. The van der Waals surface area contributed by atoms with Crippen molar-refractivity contribution in [3.63, 3.8) is 0 Å². The van der Waals surface area contributed by atoms with Gasteiger partial charge >= 0.3 is 0 Å². The monoisotopic (exact) mass is 355 g/mol. The van der Waals surface area contributed by atoms with Gasteiger partial charge in [0.1, 0.15) is 5.82 Å². The van der Waals surface area contributed by atoms with Gasteiger partial charge in [-0.15, -0.1) is 11.3 Å². The lowest BCUT2D eigenvalue weighted by Crippen LogP contribution is -2.32. The molecule has 1 saturated heterocycles. The molecule has 0 unspecified atom stereocenters. The zero-order chi connectivity index (χ0) is 17.4. The number of carbonyl (C=O) groups excluding carboxylic acids is 1. The number of nitrogen functional groups attached to an aromatic ring is 1. The van der Waals surface area contributed by atoms with Crippen molar-refractivity contribution >= 4 is 33.4 Å². The molecule has 7 heteroatoms. The topological polar surface area (TPSA) is 77.0 Å². The van der Waals surface area contributed by atoms with Gasteiger partial charge in [0.2, 0.25) is 5.91 Å². The average molecular weight is 355 g/mol. The van der Waals surface area contributed by atoms with Crippen LogP contribution in [0.25, 0.3) is 11.0 Å². The first kappa shape index (κ1) is 16.1. The maximum absolute atomic E-state index is 12.8. The maximum atomic E-state index is 12.8. The highest BCUT2D eigenvalue weighted by Crippen LogP contribution is 2.33. The molecule has 130 valence electrons. The highest BCUT2D eigenvalue weighted by molar-refractivity contribution is 7.13. The van der Waals surface area contributed by atoms with Crippen LogP contribution in [0.4, 0.5) is 5.13 Å². The van der Waals surface area contributed by atoms with E-state index in [1.54, 1.807) is 0 Å². The molecule has 1 atom stereocenters. The number of anilines is 1. The second-order valence-electron chi connectivity index (χ2n) is 6.44. The van der Waals surface area contributed by atoms with Crippen molar-refractivity contribution in [1.29, 1.82) is 0 Å². The van der Waals surface area contributed by atoms with Gasteiger partial charge in [-0.1, -0.05) is 12.1 Å². The number of rotatable bonds is 4. The molecule has 1 amide bonds. The van der Waals surface area contributed by atoms with Crippen LogP contribution in [0.5, 0.6) is 0 Å². The van der Waals surface area contributed by atoms with E-state index < -0.39 is 0 Å². The van der Waals surface area contributed by atoms with Crippen molar-refractivity contribution in [2.45, 2.75) is 31.7 Å². The van der Waals surface area contributed by atoms with Crippen molar-refractivity contribution in [1.82, 2.24) is 19.4 Å². The van der Waals surface area contributed by atoms with E-state index in [4.69, 9.17) is 10.7 Å². The molecule has 25 heavy (non-hydrogen) atoms. The number of aryl methyl sites for hydroxylation is 2. The molecule has 0 radical (unpaired) electrons. The minimum Gasteiger partial charge on any atom is -0.375 e. The van der Waals surface area contributed by atoms with Gasteiger partial charge in [-0.25, -0.2) is 9.97 Å². The summed E-state index contributed by atoms with van der Waals surface area (Å²) in [6.07, 6.45) is 3.08. The Morgan fingerprint density at radius 2 is 2.20 bits per heavy atom. The molecule has 0 saturated carbocycles. The molecule has 2 aromatic heterocycles. The Labute approximate surface area is 150 Å².